The molecule has 2 rings (SSSR count). The van der Waals surface area contributed by atoms with E-state index in [9.17, 15) is 4.39 Å². The highest BCUT2D eigenvalue weighted by atomic mass is 19.1. The van der Waals surface area contributed by atoms with Crippen LogP contribution in [0, 0.1) is 5.82 Å². The third-order valence-electron chi connectivity index (χ3n) is 2.58. The summed E-state index contributed by atoms with van der Waals surface area (Å²) in [6.45, 7) is 2.05. The maximum Gasteiger partial charge on any atom is 0.123 e. The third kappa shape index (κ3) is 1.40. The first-order valence-electron chi connectivity index (χ1n) is 4.66. The molecule has 0 aliphatic rings. The van der Waals surface area contributed by atoms with Gasteiger partial charge in [-0.3, -0.25) is 0 Å². The van der Waals surface area contributed by atoms with Crippen LogP contribution in [-0.2, 0) is 0 Å². The first kappa shape index (κ1) is 9.21. The van der Waals surface area contributed by atoms with Crippen molar-refractivity contribution in [1.82, 2.24) is 10.3 Å². The predicted octanol–water partition coefficient (Wildman–Crippen LogP) is 2.59. The minimum atomic E-state index is -0.193. The first-order valence-corrected chi connectivity index (χ1v) is 4.66. The maximum absolute atomic E-state index is 13.0. The largest absolute Gasteiger partial charge is 0.361 e. The van der Waals surface area contributed by atoms with Crippen LogP contribution in [0.5, 0.6) is 0 Å². The monoisotopic (exact) mass is 192 g/mol. The van der Waals surface area contributed by atoms with Gasteiger partial charge in [0.05, 0.1) is 0 Å². The lowest BCUT2D eigenvalue weighted by Gasteiger charge is -2.08. The van der Waals surface area contributed by atoms with Crippen molar-refractivity contribution in [3.8, 4) is 0 Å². The van der Waals surface area contributed by atoms with E-state index in [1.165, 1.54) is 6.07 Å². The molecule has 0 aliphatic heterocycles. The van der Waals surface area contributed by atoms with E-state index >= 15 is 0 Å². The van der Waals surface area contributed by atoms with Gasteiger partial charge in [0, 0.05) is 23.1 Å². The van der Waals surface area contributed by atoms with Gasteiger partial charge < -0.3 is 10.3 Å². The Morgan fingerprint density at radius 2 is 2.21 bits per heavy atom. The van der Waals surface area contributed by atoms with Gasteiger partial charge in [-0.2, -0.15) is 0 Å². The number of fused-ring (bicyclic) bond motifs is 1. The van der Waals surface area contributed by atoms with Crippen molar-refractivity contribution in [2.45, 2.75) is 13.0 Å². The molecule has 14 heavy (non-hydrogen) atoms. The second-order valence-corrected chi connectivity index (χ2v) is 3.44. The summed E-state index contributed by atoms with van der Waals surface area (Å²) in [4.78, 5) is 3.12. The van der Waals surface area contributed by atoms with E-state index in [0.717, 1.165) is 16.5 Å². The zero-order chi connectivity index (χ0) is 10.1. The van der Waals surface area contributed by atoms with Crippen LogP contribution in [0.3, 0.4) is 0 Å². The van der Waals surface area contributed by atoms with Gasteiger partial charge in [-0.1, -0.05) is 0 Å². The molecule has 0 radical (unpaired) electrons. The molecule has 74 valence electrons. The van der Waals surface area contributed by atoms with Gasteiger partial charge in [-0.05, 0) is 37.7 Å². The molecule has 1 heterocycles. The molecule has 0 aliphatic carbocycles. The van der Waals surface area contributed by atoms with Crippen LogP contribution < -0.4 is 5.32 Å². The highest BCUT2D eigenvalue weighted by Gasteiger charge is 2.09. The molecular formula is C11H13FN2. The number of halogens is 1. The molecule has 1 atom stereocenters. The minimum absolute atomic E-state index is 0.193. The topological polar surface area (TPSA) is 27.8 Å². The van der Waals surface area contributed by atoms with E-state index in [0.29, 0.717) is 0 Å². The van der Waals surface area contributed by atoms with E-state index in [-0.39, 0.29) is 11.9 Å². The maximum atomic E-state index is 13.0. The van der Waals surface area contributed by atoms with Crippen molar-refractivity contribution in [3.05, 3.63) is 35.8 Å². The normalized spacial score (nSPS) is 13.4. The average molecular weight is 192 g/mol. The molecule has 2 nitrogen and oxygen atoms in total. The molecule has 0 saturated heterocycles. The number of rotatable bonds is 2. The van der Waals surface area contributed by atoms with E-state index in [1.807, 2.05) is 20.2 Å². The number of aromatic nitrogens is 1. The quantitative estimate of drug-likeness (QED) is 0.752. The highest BCUT2D eigenvalue weighted by Crippen LogP contribution is 2.24. The summed E-state index contributed by atoms with van der Waals surface area (Å²) in [7, 11) is 1.89. The summed E-state index contributed by atoms with van der Waals surface area (Å²) in [6.07, 6.45) is 1.92. The fourth-order valence-electron chi connectivity index (χ4n) is 1.63. The predicted molar refractivity (Wildman–Crippen MR) is 55.7 cm³/mol. The van der Waals surface area contributed by atoms with Crippen LogP contribution in [0.4, 0.5) is 4.39 Å². The Balaban J connectivity index is 2.61. The number of H-pyrrole nitrogens is 1. The van der Waals surface area contributed by atoms with E-state index in [4.69, 9.17) is 0 Å². The lowest BCUT2D eigenvalue weighted by Crippen LogP contribution is -2.11. The lowest BCUT2D eigenvalue weighted by atomic mass is 10.1. The van der Waals surface area contributed by atoms with Crippen LogP contribution in [0.25, 0.3) is 10.9 Å². The minimum Gasteiger partial charge on any atom is -0.361 e. The van der Waals surface area contributed by atoms with Gasteiger partial charge in [-0.25, -0.2) is 4.39 Å². The number of hydrogen-bond acceptors (Lipinski definition) is 1. The van der Waals surface area contributed by atoms with Crippen molar-refractivity contribution < 1.29 is 4.39 Å². The Bertz CT molecular complexity index is 447. The fraction of sp³-hybridized carbons (Fsp3) is 0.273. The zero-order valence-corrected chi connectivity index (χ0v) is 8.26. The van der Waals surface area contributed by atoms with E-state index < -0.39 is 0 Å². The van der Waals surface area contributed by atoms with Crippen molar-refractivity contribution in [1.29, 1.82) is 0 Å². The Hall–Kier alpha value is -1.35. The summed E-state index contributed by atoms with van der Waals surface area (Å²) in [5, 5.41) is 4.09. The molecule has 1 unspecified atom stereocenters. The van der Waals surface area contributed by atoms with Gasteiger partial charge in [-0.15, -0.1) is 0 Å². The summed E-state index contributed by atoms with van der Waals surface area (Å²) in [6, 6.07) is 5.02. The highest BCUT2D eigenvalue weighted by molar-refractivity contribution is 5.83. The van der Waals surface area contributed by atoms with Crippen LogP contribution in [0.1, 0.15) is 18.5 Å². The smallest absolute Gasteiger partial charge is 0.123 e. The Morgan fingerprint density at radius 1 is 1.43 bits per heavy atom. The Morgan fingerprint density at radius 3 is 2.93 bits per heavy atom. The van der Waals surface area contributed by atoms with Crippen LogP contribution in [0.15, 0.2) is 24.4 Å². The first-order chi connectivity index (χ1) is 6.72. The SMILES string of the molecule is CNC(C)c1c[nH]c2ccc(F)cc12. The van der Waals surface area contributed by atoms with Crippen molar-refractivity contribution in [3.63, 3.8) is 0 Å². The number of hydrogen-bond donors (Lipinski definition) is 2. The van der Waals surface area contributed by atoms with Gasteiger partial charge in [0.1, 0.15) is 5.82 Å². The van der Waals surface area contributed by atoms with Crippen molar-refractivity contribution in [2.24, 2.45) is 0 Å². The van der Waals surface area contributed by atoms with Crippen molar-refractivity contribution >= 4 is 10.9 Å². The van der Waals surface area contributed by atoms with Gasteiger partial charge in [0.25, 0.3) is 0 Å². The summed E-state index contributed by atoms with van der Waals surface area (Å²) in [5.74, 6) is -0.193. The number of aromatic amines is 1. The molecule has 0 saturated carbocycles. The molecule has 0 fully saturated rings. The molecule has 1 aromatic heterocycles. The average Bonchev–Trinajstić information content (AvgIpc) is 2.59. The molecule has 0 spiro atoms. The fourth-order valence-corrected chi connectivity index (χ4v) is 1.63. The molecule has 2 N–H and O–H groups in total. The summed E-state index contributed by atoms with van der Waals surface area (Å²) in [5.41, 5.74) is 2.07. The molecular weight excluding hydrogens is 179 g/mol. The van der Waals surface area contributed by atoms with Crippen LogP contribution in [-0.4, -0.2) is 12.0 Å². The van der Waals surface area contributed by atoms with Gasteiger partial charge in [0.15, 0.2) is 0 Å². The van der Waals surface area contributed by atoms with Crippen LogP contribution >= 0.6 is 0 Å². The molecule has 3 heteroatoms. The third-order valence-corrected chi connectivity index (χ3v) is 2.58. The Labute approximate surface area is 82.1 Å². The molecule has 0 bridgehead atoms. The standard InChI is InChI=1S/C11H13FN2/c1-7(13-2)10-6-14-11-4-3-8(12)5-9(10)11/h3-7,13-14H,1-2H3. The van der Waals surface area contributed by atoms with Crippen LogP contribution in [0.2, 0.25) is 0 Å². The second-order valence-electron chi connectivity index (χ2n) is 3.44. The van der Waals surface area contributed by atoms with Gasteiger partial charge >= 0.3 is 0 Å². The molecule has 2 aromatic rings. The van der Waals surface area contributed by atoms with E-state index in [1.54, 1.807) is 12.1 Å². The second kappa shape index (κ2) is 3.42. The number of benzene rings is 1. The molecule has 0 amide bonds. The van der Waals surface area contributed by atoms with Crippen molar-refractivity contribution in [2.75, 3.05) is 7.05 Å². The molecule has 1 aromatic carbocycles. The zero-order valence-electron chi connectivity index (χ0n) is 8.26. The Kier molecular flexibility index (Phi) is 2.25. The van der Waals surface area contributed by atoms with E-state index in [2.05, 4.69) is 10.3 Å². The summed E-state index contributed by atoms with van der Waals surface area (Å²) < 4.78 is 13.0. The number of nitrogens with one attached hydrogen (secondary N) is 2. The lowest BCUT2D eigenvalue weighted by molar-refractivity contribution is 0.628. The van der Waals surface area contributed by atoms with Gasteiger partial charge in [0.2, 0.25) is 0 Å². The summed E-state index contributed by atoms with van der Waals surface area (Å²) >= 11 is 0.